The van der Waals surface area contributed by atoms with Crippen LogP contribution < -0.4 is 4.90 Å². The molecule has 0 radical (unpaired) electrons. The highest BCUT2D eigenvalue weighted by Gasteiger charge is 2.36. The normalized spacial score (nSPS) is 15.8. The number of carbonyl (C=O) groups is 1. The topological polar surface area (TPSA) is 25.2 Å². The van der Waals surface area contributed by atoms with Gasteiger partial charge in [0.05, 0.1) is 16.2 Å². The van der Waals surface area contributed by atoms with Gasteiger partial charge in [0.15, 0.2) is 4.32 Å². The molecule has 32 heavy (non-hydrogen) atoms. The number of thiocarbonyl (C=S) groups is 1. The van der Waals surface area contributed by atoms with Crippen LogP contribution in [0, 0.1) is 13.8 Å². The highest BCUT2D eigenvalue weighted by molar-refractivity contribution is 9.10. The van der Waals surface area contributed by atoms with Crippen LogP contribution in [0.5, 0.6) is 0 Å². The van der Waals surface area contributed by atoms with Crippen molar-refractivity contribution >= 4 is 61.9 Å². The van der Waals surface area contributed by atoms with Crippen molar-refractivity contribution in [1.82, 2.24) is 4.57 Å². The largest absolute Gasteiger partial charge is 0.416 e. The molecule has 0 aliphatic carbocycles. The van der Waals surface area contributed by atoms with E-state index < -0.39 is 17.6 Å². The molecule has 1 amide bonds. The first-order valence-electron chi connectivity index (χ1n) is 9.46. The third-order valence-electron chi connectivity index (χ3n) is 5.07. The number of hydrogen-bond acceptors (Lipinski definition) is 3. The maximum atomic E-state index is 13.1. The number of amides is 1. The van der Waals surface area contributed by atoms with E-state index >= 15 is 0 Å². The van der Waals surface area contributed by atoms with Crippen LogP contribution in [0.3, 0.4) is 0 Å². The fourth-order valence-corrected chi connectivity index (χ4v) is 5.13. The number of benzene rings is 2. The molecule has 3 nitrogen and oxygen atoms in total. The van der Waals surface area contributed by atoms with E-state index in [0.717, 1.165) is 55.9 Å². The highest BCUT2D eigenvalue weighted by atomic mass is 79.9. The first kappa shape index (κ1) is 22.8. The zero-order valence-electron chi connectivity index (χ0n) is 16.9. The van der Waals surface area contributed by atoms with Crippen molar-refractivity contribution in [3.8, 4) is 5.69 Å². The maximum absolute atomic E-state index is 13.1. The maximum Gasteiger partial charge on any atom is 0.416 e. The first-order chi connectivity index (χ1) is 15.1. The van der Waals surface area contributed by atoms with Crippen LogP contribution in [0.1, 0.15) is 22.5 Å². The molecule has 1 fully saturated rings. The summed E-state index contributed by atoms with van der Waals surface area (Å²) in [7, 11) is 0. The molecule has 1 aromatic heterocycles. The SMILES string of the molecule is Cc1cc(/C=C2/SC(=S)N(c3cccc(C(F)(F)F)c3)C2=O)c(C)n1-c1ccc(Br)cc1. The van der Waals surface area contributed by atoms with Gasteiger partial charge in [-0.3, -0.25) is 9.69 Å². The molecular weight excluding hydrogens is 521 g/mol. The average molecular weight is 537 g/mol. The van der Waals surface area contributed by atoms with Gasteiger partial charge >= 0.3 is 6.18 Å². The number of hydrogen-bond donors (Lipinski definition) is 0. The van der Waals surface area contributed by atoms with Crippen molar-refractivity contribution in [3.63, 3.8) is 0 Å². The molecule has 1 saturated heterocycles. The highest BCUT2D eigenvalue weighted by Crippen LogP contribution is 2.39. The number of alkyl halides is 3. The molecule has 2 aromatic carbocycles. The van der Waals surface area contributed by atoms with Crippen LogP contribution in [0.15, 0.2) is 64.0 Å². The smallest absolute Gasteiger partial charge is 0.318 e. The Morgan fingerprint density at radius 2 is 1.72 bits per heavy atom. The Hall–Kier alpha value is -2.36. The average Bonchev–Trinajstić information content (AvgIpc) is 3.17. The lowest BCUT2D eigenvalue weighted by Crippen LogP contribution is -2.27. The Balaban J connectivity index is 1.69. The number of carbonyl (C=O) groups excluding carboxylic acids is 1. The van der Waals surface area contributed by atoms with E-state index in [1.807, 2.05) is 44.2 Å². The van der Waals surface area contributed by atoms with Gasteiger partial charge < -0.3 is 4.57 Å². The van der Waals surface area contributed by atoms with Gasteiger partial charge in [-0.2, -0.15) is 13.2 Å². The Morgan fingerprint density at radius 3 is 2.38 bits per heavy atom. The van der Waals surface area contributed by atoms with Gasteiger partial charge in [0.2, 0.25) is 0 Å². The summed E-state index contributed by atoms with van der Waals surface area (Å²) in [6.45, 7) is 3.93. The summed E-state index contributed by atoms with van der Waals surface area (Å²) < 4.78 is 42.6. The zero-order valence-corrected chi connectivity index (χ0v) is 20.1. The van der Waals surface area contributed by atoms with Crippen molar-refractivity contribution in [2.75, 3.05) is 4.90 Å². The quantitative estimate of drug-likeness (QED) is 0.259. The van der Waals surface area contributed by atoms with Crippen LogP contribution in [0.25, 0.3) is 11.8 Å². The van der Waals surface area contributed by atoms with E-state index in [0.29, 0.717) is 4.91 Å². The minimum Gasteiger partial charge on any atom is -0.318 e. The molecule has 0 bridgehead atoms. The lowest BCUT2D eigenvalue weighted by atomic mass is 10.1. The predicted molar refractivity (Wildman–Crippen MR) is 130 cm³/mol. The van der Waals surface area contributed by atoms with Crippen LogP contribution in [0.4, 0.5) is 18.9 Å². The Morgan fingerprint density at radius 1 is 1.03 bits per heavy atom. The second-order valence-corrected chi connectivity index (χ2v) is 9.79. The number of rotatable bonds is 3. The van der Waals surface area contributed by atoms with Crippen molar-refractivity contribution in [2.45, 2.75) is 20.0 Å². The molecule has 0 spiro atoms. The van der Waals surface area contributed by atoms with Crippen molar-refractivity contribution < 1.29 is 18.0 Å². The molecular formula is C23H16BrF3N2OS2. The van der Waals surface area contributed by atoms with Crippen LogP contribution in [-0.2, 0) is 11.0 Å². The summed E-state index contributed by atoms with van der Waals surface area (Å²) in [5.41, 5.74) is 3.03. The summed E-state index contributed by atoms with van der Waals surface area (Å²) in [5, 5.41) is 0. The lowest BCUT2D eigenvalue weighted by molar-refractivity contribution is -0.137. The van der Waals surface area contributed by atoms with E-state index in [-0.39, 0.29) is 10.0 Å². The minimum atomic E-state index is -4.50. The van der Waals surface area contributed by atoms with Gasteiger partial charge in [0.25, 0.3) is 5.91 Å². The second kappa shape index (κ2) is 8.53. The van der Waals surface area contributed by atoms with Crippen molar-refractivity contribution in [1.29, 1.82) is 0 Å². The van der Waals surface area contributed by atoms with Crippen LogP contribution in [-0.4, -0.2) is 14.8 Å². The van der Waals surface area contributed by atoms with Gasteiger partial charge in [-0.25, -0.2) is 0 Å². The molecule has 9 heteroatoms. The van der Waals surface area contributed by atoms with E-state index in [2.05, 4.69) is 20.5 Å². The van der Waals surface area contributed by atoms with Crippen molar-refractivity contribution in [3.05, 3.63) is 86.5 Å². The van der Waals surface area contributed by atoms with Gasteiger partial charge in [0.1, 0.15) is 0 Å². The summed E-state index contributed by atoms with van der Waals surface area (Å²) in [5.74, 6) is -0.437. The fourth-order valence-electron chi connectivity index (χ4n) is 3.57. The summed E-state index contributed by atoms with van der Waals surface area (Å²) >= 11 is 9.83. The van der Waals surface area contributed by atoms with Crippen LogP contribution in [0.2, 0.25) is 0 Å². The lowest BCUT2D eigenvalue weighted by Gasteiger charge is -2.16. The summed E-state index contributed by atoms with van der Waals surface area (Å²) in [6.07, 6.45) is -2.76. The molecule has 164 valence electrons. The van der Waals surface area contributed by atoms with E-state index in [9.17, 15) is 18.0 Å². The first-order valence-corrected chi connectivity index (χ1v) is 11.5. The molecule has 0 N–H and O–H groups in total. The monoisotopic (exact) mass is 536 g/mol. The molecule has 0 saturated carbocycles. The van der Waals surface area contributed by atoms with Gasteiger partial charge in [-0.05, 0) is 74.0 Å². The Kier molecular flexibility index (Phi) is 6.08. The minimum absolute atomic E-state index is 0.103. The third-order valence-corrected chi connectivity index (χ3v) is 6.90. The fraction of sp³-hybridized carbons (Fsp3) is 0.130. The molecule has 0 atom stereocenters. The second-order valence-electron chi connectivity index (χ2n) is 7.20. The number of halogens is 4. The third kappa shape index (κ3) is 4.29. The van der Waals surface area contributed by atoms with E-state index in [1.165, 1.54) is 12.1 Å². The van der Waals surface area contributed by atoms with E-state index in [4.69, 9.17) is 12.2 Å². The molecule has 2 heterocycles. The number of nitrogens with zero attached hydrogens (tertiary/aromatic N) is 2. The predicted octanol–water partition coefficient (Wildman–Crippen LogP) is 7.28. The van der Waals surface area contributed by atoms with Crippen molar-refractivity contribution in [2.24, 2.45) is 0 Å². The molecule has 1 aliphatic heterocycles. The standard InChI is InChI=1S/C23H16BrF3N2OS2/c1-13-10-15(14(2)28(13)18-8-6-17(24)7-9-18)11-20-21(30)29(22(31)32-20)19-5-3-4-16(12-19)23(25,26)27/h3-12H,1-2H3/b20-11+. The molecule has 4 rings (SSSR count). The number of aromatic nitrogens is 1. The molecule has 1 aliphatic rings. The number of thioether (sulfide) groups is 1. The van der Waals surface area contributed by atoms with Gasteiger partial charge in [-0.1, -0.05) is 46.0 Å². The molecule has 0 unspecified atom stereocenters. The Labute approximate surface area is 201 Å². The summed E-state index contributed by atoms with van der Waals surface area (Å²) in [6, 6.07) is 14.5. The number of aryl methyl sites for hydroxylation is 1. The van der Waals surface area contributed by atoms with Gasteiger partial charge in [-0.15, -0.1) is 0 Å². The van der Waals surface area contributed by atoms with E-state index in [1.54, 1.807) is 6.08 Å². The molecule has 3 aromatic rings. The van der Waals surface area contributed by atoms with Gasteiger partial charge in [0, 0.05) is 21.5 Å². The number of anilines is 1. The summed E-state index contributed by atoms with van der Waals surface area (Å²) in [4.78, 5) is 14.6. The van der Waals surface area contributed by atoms with Crippen LogP contribution >= 0.6 is 39.9 Å². The zero-order chi connectivity index (χ0) is 23.2. The Bertz CT molecular complexity index is 1260.